The fourth-order valence-corrected chi connectivity index (χ4v) is 0.824. The second-order valence-corrected chi connectivity index (χ2v) is 2.06. The Kier molecular flexibility index (Phi) is 4.85. The maximum Gasteiger partial charge on any atom is 0.160 e. The monoisotopic (exact) mass is 142 g/mol. The van der Waals surface area contributed by atoms with Gasteiger partial charge in [0.25, 0.3) is 0 Å². The summed E-state index contributed by atoms with van der Waals surface area (Å²) in [7, 11) is 0. The molecule has 0 amide bonds. The third-order valence-corrected chi connectivity index (χ3v) is 1.43. The molecule has 58 valence electrons. The molecule has 0 rings (SSSR count). The number of carbonyl (C=O) groups is 1. The van der Waals surface area contributed by atoms with E-state index in [1.165, 1.54) is 0 Å². The molecule has 0 aromatic heterocycles. The van der Waals surface area contributed by atoms with Crippen molar-refractivity contribution in [2.75, 3.05) is 6.61 Å². The van der Waals surface area contributed by atoms with Crippen molar-refractivity contribution in [3.8, 4) is 0 Å². The van der Waals surface area contributed by atoms with Crippen LogP contribution in [0.5, 0.6) is 0 Å². The summed E-state index contributed by atoms with van der Waals surface area (Å²) in [5.41, 5.74) is 0.814. The number of aliphatic hydroxyl groups excluding tert-OH is 1. The Morgan fingerprint density at radius 1 is 1.60 bits per heavy atom. The minimum Gasteiger partial charge on any atom is -0.396 e. The van der Waals surface area contributed by atoms with E-state index in [-0.39, 0.29) is 18.8 Å². The number of carbonyl (C=O) groups excluding carboxylic acids is 1. The molecule has 0 saturated heterocycles. The lowest BCUT2D eigenvalue weighted by Crippen LogP contribution is -2.03. The van der Waals surface area contributed by atoms with Crippen molar-refractivity contribution in [1.29, 1.82) is 0 Å². The molecule has 1 N–H and O–H groups in total. The van der Waals surface area contributed by atoms with Gasteiger partial charge in [0.2, 0.25) is 0 Å². The van der Waals surface area contributed by atoms with Gasteiger partial charge in [-0.25, -0.2) is 0 Å². The van der Waals surface area contributed by atoms with Crippen molar-refractivity contribution in [2.24, 2.45) is 0 Å². The molecule has 0 aromatic carbocycles. The highest BCUT2D eigenvalue weighted by molar-refractivity contribution is 5.95. The van der Waals surface area contributed by atoms with E-state index in [2.05, 4.69) is 0 Å². The van der Waals surface area contributed by atoms with Gasteiger partial charge >= 0.3 is 0 Å². The van der Waals surface area contributed by atoms with Crippen molar-refractivity contribution in [3.05, 3.63) is 11.6 Å². The van der Waals surface area contributed by atoms with Crippen LogP contribution in [0.25, 0.3) is 0 Å². The van der Waals surface area contributed by atoms with Gasteiger partial charge in [-0.1, -0.05) is 13.0 Å². The van der Waals surface area contributed by atoms with Crippen LogP contribution in [-0.2, 0) is 4.79 Å². The van der Waals surface area contributed by atoms with E-state index < -0.39 is 0 Å². The smallest absolute Gasteiger partial charge is 0.160 e. The topological polar surface area (TPSA) is 37.3 Å². The number of rotatable bonds is 4. The van der Waals surface area contributed by atoms with E-state index >= 15 is 0 Å². The zero-order valence-electron chi connectivity index (χ0n) is 6.55. The molecule has 0 unspecified atom stereocenters. The quantitative estimate of drug-likeness (QED) is 0.600. The molecule has 0 bridgehead atoms. The summed E-state index contributed by atoms with van der Waals surface area (Å²) in [6.07, 6.45) is 2.82. The zero-order chi connectivity index (χ0) is 7.98. The SMILES string of the molecule is CC=C(CC)C(=O)CCO. The highest BCUT2D eigenvalue weighted by atomic mass is 16.3. The van der Waals surface area contributed by atoms with Crippen LogP contribution in [0.15, 0.2) is 11.6 Å². The predicted octanol–water partition coefficient (Wildman–Crippen LogP) is 1.29. The van der Waals surface area contributed by atoms with Crippen molar-refractivity contribution in [3.63, 3.8) is 0 Å². The van der Waals surface area contributed by atoms with Crippen LogP contribution in [0.2, 0.25) is 0 Å². The normalized spacial score (nSPS) is 11.7. The van der Waals surface area contributed by atoms with Gasteiger partial charge < -0.3 is 5.11 Å². The van der Waals surface area contributed by atoms with Crippen molar-refractivity contribution in [1.82, 2.24) is 0 Å². The summed E-state index contributed by atoms with van der Waals surface area (Å²) in [6.45, 7) is 3.73. The molecule has 0 fully saturated rings. The molecule has 0 heterocycles. The van der Waals surface area contributed by atoms with Crippen LogP contribution in [-0.4, -0.2) is 17.5 Å². The molecule has 0 radical (unpaired) electrons. The number of Topliss-reactive ketones (excluding diaryl/α,β-unsaturated/α-hetero) is 1. The van der Waals surface area contributed by atoms with Crippen LogP contribution in [0, 0.1) is 0 Å². The van der Waals surface area contributed by atoms with Crippen LogP contribution in [0.4, 0.5) is 0 Å². The van der Waals surface area contributed by atoms with Gasteiger partial charge in [-0.05, 0) is 18.9 Å². The van der Waals surface area contributed by atoms with E-state index in [1.54, 1.807) is 6.08 Å². The van der Waals surface area contributed by atoms with Crippen LogP contribution < -0.4 is 0 Å². The molecule has 0 saturated carbocycles. The zero-order valence-corrected chi connectivity index (χ0v) is 6.55. The Bertz CT molecular complexity index is 136. The summed E-state index contributed by atoms with van der Waals surface area (Å²) >= 11 is 0. The molecule has 0 spiro atoms. The Morgan fingerprint density at radius 2 is 2.20 bits per heavy atom. The summed E-state index contributed by atoms with van der Waals surface area (Å²) in [6, 6.07) is 0. The largest absolute Gasteiger partial charge is 0.396 e. The van der Waals surface area contributed by atoms with Gasteiger partial charge in [0.15, 0.2) is 5.78 Å². The molecule has 2 heteroatoms. The van der Waals surface area contributed by atoms with Gasteiger partial charge in [0, 0.05) is 6.42 Å². The minimum atomic E-state index is -0.0455. The first-order valence-corrected chi connectivity index (χ1v) is 3.55. The number of hydrogen-bond donors (Lipinski definition) is 1. The summed E-state index contributed by atoms with van der Waals surface area (Å²) in [5.74, 6) is 0.0625. The molecular formula is C8H14O2. The lowest BCUT2D eigenvalue weighted by Gasteiger charge is -1.98. The fraction of sp³-hybridized carbons (Fsp3) is 0.625. The van der Waals surface area contributed by atoms with E-state index in [0.29, 0.717) is 0 Å². The average Bonchev–Trinajstić information content (AvgIpc) is 1.91. The summed E-state index contributed by atoms with van der Waals surface area (Å²) in [4.78, 5) is 11.0. The Morgan fingerprint density at radius 3 is 2.50 bits per heavy atom. The van der Waals surface area contributed by atoms with Crippen LogP contribution in [0.3, 0.4) is 0 Å². The standard InChI is InChI=1S/C8H14O2/c1-3-7(4-2)8(10)5-6-9/h3,9H,4-6H2,1-2H3. The predicted molar refractivity (Wildman–Crippen MR) is 40.8 cm³/mol. The lowest BCUT2D eigenvalue weighted by atomic mass is 10.1. The second-order valence-electron chi connectivity index (χ2n) is 2.06. The van der Waals surface area contributed by atoms with Gasteiger partial charge in [-0.3, -0.25) is 4.79 Å². The van der Waals surface area contributed by atoms with E-state index in [9.17, 15) is 4.79 Å². The van der Waals surface area contributed by atoms with Crippen LogP contribution >= 0.6 is 0 Å². The van der Waals surface area contributed by atoms with E-state index in [0.717, 1.165) is 12.0 Å². The molecule has 0 aliphatic heterocycles. The average molecular weight is 142 g/mol. The first kappa shape index (κ1) is 9.37. The molecular weight excluding hydrogens is 128 g/mol. The van der Waals surface area contributed by atoms with Gasteiger partial charge in [0.05, 0.1) is 6.61 Å². The maximum atomic E-state index is 11.0. The highest BCUT2D eigenvalue weighted by Gasteiger charge is 2.03. The Balaban J connectivity index is 3.91. The third-order valence-electron chi connectivity index (χ3n) is 1.43. The Hall–Kier alpha value is -0.630. The van der Waals surface area contributed by atoms with Gasteiger partial charge in [-0.15, -0.1) is 0 Å². The molecule has 0 aromatic rings. The molecule has 0 atom stereocenters. The second kappa shape index (κ2) is 5.18. The highest BCUT2D eigenvalue weighted by Crippen LogP contribution is 2.03. The van der Waals surface area contributed by atoms with Crippen molar-refractivity contribution in [2.45, 2.75) is 26.7 Å². The summed E-state index contributed by atoms with van der Waals surface area (Å²) in [5, 5.41) is 8.43. The first-order valence-electron chi connectivity index (χ1n) is 3.55. The molecule has 0 aliphatic carbocycles. The lowest BCUT2D eigenvalue weighted by molar-refractivity contribution is -0.116. The fourth-order valence-electron chi connectivity index (χ4n) is 0.824. The first-order chi connectivity index (χ1) is 4.76. The number of allylic oxidation sites excluding steroid dienone is 2. The van der Waals surface area contributed by atoms with Crippen molar-refractivity contribution < 1.29 is 9.90 Å². The maximum absolute atomic E-state index is 11.0. The number of aliphatic hydroxyl groups is 1. The van der Waals surface area contributed by atoms with Gasteiger partial charge in [0.1, 0.15) is 0 Å². The molecule has 10 heavy (non-hydrogen) atoms. The third kappa shape index (κ3) is 2.78. The number of hydrogen-bond acceptors (Lipinski definition) is 2. The molecule has 2 nitrogen and oxygen atoms in total. The summed E-state index contributed by atoms with van der Waals surface area (Å²) < 4.78 is 0. The van der Waals surface area contributed by atoms with Gasteiger partial charge in [-0.2, -0.15) is 0 Å². The van der Waals surface area contributed by atoms with E-state index in [4.69, 9.17) is 5.11 Å². The Labute approximate surface area is 61.6 Å². The minimum absolute atomic E-state index is 0.0455. The molecule has 0 aliphatic rings. The van der Waals surface area contributed by atoms with Crippen LogP contribution in [0.1, 0.15) is 26.7 Å². The number of ketones is 1. The van der Waals surface area contributed by atoms with E-state index in [1.807, 2.05) is 13.8 Å². The van der Waals surface area contributed by atoms with Crippen molar-refractivity contribution >= 4 is 5.78 Å².